The molecular formula is C12H8N4O4S. The molecule has 1 rings (SSSR count). The second-order valence-electron chi connectivity index (χ2n) is 3.55. The van der Waals surface area contributed by atoms with Crippen molar-refractivity contribution in [2.45, 2.75) is 4.90 Å². The molecule has 1 aromatic carbocycles. The molecule has 0 amide bonds. The zero-order valence-corrected chi connectivity index (χ0v) is 11.5. The molecule has 21 heavy (non-hydrogen) atoms. The second-order valence-corrected chi connectivity index (χ2v) is 4.94. The van der Waals surface area contributed by atoms with Gasteiger partial charge in [0.1, 0.15) is 34.5 Å². The molecule has 0 aromatic heterocycles. The molecule has 0 radical (unpaired) electrons. The highest BCUT2D eigenvalue weighted by molar-refractivity contribution is 7.86. The predicted octanol–water partition coefficient (Wildman–Crippen LogP) is 1.18. The average molecular weight is 304 g/mol. The first kappa shape index (κ1) is 16.0. The fourth-order valence-corrected chi connectivity index (χ4v) is 2.03. The van der Waals surface area contributed by atoms with Gasteiger partial charge in [0.05, 0.1) is 12.8 Å². The van der Waals surface area contributed by atoms with E-state index in [1.807, 2.05) is 0 Å². The lowest BCUT2D eigenvalue weighted by molar-refractivity contribution is 0.412. The third-order valence-electron chi connectivity index (χ3n) is 2.31. The number of nitrogens with zero attached hydrogens (tertiary/aromatic N) is 3. The molecule has 0 heterocycles. The van der Waals surface area contributed by atoms with Crippen LogP contribution in [0.15, 0.2) is 34.4 Å². The summed E-state index contributed by atoms with van der Waals surface area (Å²) in [7, 11) is -3.29. The Morgan fingerprint density at radius 2 is 1.86 bits per heavy atom. The number of rotatable bonds is 4. The SMILES string of the molecule is COc1ccc(NC(C#N)=C(C#N)C#N)c(S(=O)(=O)O)c1. The molecular weight excluding hydrogens is 296 g/mol. The maximum atomic E-state index is 11.3. The second kappa shape index (κ2) is 6.40. The molecule has 0 spiro atoms. The van der Waals surface area contributed by atoms with Gasteiger partial charge in [0.15, 0.2) is 5.57 Å². The van der Waals surface area contributed by atoms with E-state index in [2.05, 4.69) is 5.32 Å². The van der Waals surface area contributed by atoms with Crippen LogP contribution in [0.3, 0.4) is 0 Å². The van der Waals surface area contributed by atoms with E-state index in [0.717, 1.165) is 6.07 Å². The van der Waals surface area contributed by atoms with Crippen molar-refractivity contribution in [2.24, 2.45) is 0 Å². The highest BCUT2D eigenvalue weighted by atomic mass is 32.2. The van der Waals surface area contributed by atoms with E-state index in [-0.39, 0.29) is 11.4 Å². The molecule has 2 N–H and O–H groups in total. The molecule has 0 aliphatic heterocycles. The van der Waals surface area contributed by atoms with E-state index >= 15 is 0 Å². The van der Waals surface area contributed by atoms with Gasteiger partial charge < -0.3 is 10.1 Å². The average Bonchev–Trinajstić information content (AvgIpc) is 2.46. The van der Waals surface area contributed by atoms with Gasteiger partial charge in [-0.2, -0.15) is 24.2 Å². The summed E-state index contributed by atoms with van der Waals surface area (Å²) >= 11 is 0. The number of ether oxygens (including phenoxy) is 1. The third kappa shape index (κ3) is 3.71. The zero-order chi connectivity index (χ0) is 16.0. The van der Waals surface area contributed by atoms with Crippen molar-refractivity contribution in [3.8, 4) is 24.0 Å². The van der Waals surface area contributed by atoms with E-state index in [1.54, 1.807) is 6.07 Å². The van der Waals surface area contributed by atoms with Crippen molar-refractivity contribution in [2.75, 3.05) is 12.4 Å². The van der Waals surface area contributed by atoms with Gasteiger partial charge in [-0.1, -0.05) is 0 Å². The Balaban J connectivity index is 3.47. The van der Waals surface area contributed by atoms with Crippen LogP contribution in [0.25, 0.3) is 0 Å². The first-order chi connectivity index (χ1) is 9.87. The Morgan fingerprint density at radius 1 is 1.24 bits per heavy atom. The van der Waals surface area contributed by atoms with Crippen molar-refractivity contribution in [1.29, 1.82) is 15.8 Å². The summed E-state index contributed by atoms with van der Waals surface area (Å²) in [6.45, 7) is 0. The van der Waals surface area contributed by atoms with Gasteiger partial charge >= 0.3 is 0 Å². The molecule has 1 aromatic rings. The molecule has 0 bridgehead atoms. The smallest absolute Gasteiger partial charge is 0.296 e. The Bertz CT molecular complexity index is 806. The molecule has 0 aliphatic carbocycles. The zero-order valence-electron chi connectivity index (χ0n) is 10.7. The Kier molecular flexibility index (Phi) is 4.87. The minimum absolute atomic E-state index is 0.163. The summed E-state index contributed by atoms with van der Waals surface area (Å²) in [6, 6.07) is 8.22. The summed E-state index contributed by atoms with van der Waals surface area (Å²) in [5.41, 5.74) is -1.12. The molecule has 0 fully saturated rings. The summed E-state index contributed by atoms with van der Waals surface area (Å²) in [4.78, 5) is -0.551. The van der Waals surface area contributed by atoms with Gasteiger partial charge in [-0.15, -0.1) is 0 Å². The maximum absolute atomic E-state index is 11.3. The van der Waals surface area contributed by atoms with Crippen LogP contribution >= 0.6 is 0 Å². The molecule has 8 nitrogen and oxygen atoms in total. The number of anilines is 1. The van der Waals surface area contributed by atoms with Gasteiger partial charge in [0, 0.05) is 6.07 Å². The van der Waals surface area contributed by atoms with E-state index in [1.165, 1.54) is 31.4 Å². The van der Waals surface area contributed by atoms with Crippen molar-refractivity contribution in [3.63, 3.8) is 0 Å². The number of nitrogens with one attached hydrogen (secondary N) is 1. The normalized spacial score (nSPS) is 9.67. The lowest BCUT2D eigenvalue weighted by Gasteiger charge is -2.10. The van der Waals surface area contributed by atoms with E-state index in [4.69, 9.17) is 20.5 Å². The lowest BCUT2D eigenvalue weighted by Crippen LogP contribution is -2.07. The van der Waals surface area contributed by atoms with Crippen LogP contribution < -0.4 is 10.1 Å². The van der Waals surface area contributed by atoms with Gasteiger partial charge in [0.25, 0.3) is 10.1 Å². The minimum atomic E-state index is -4.60. The van der Waals surface area contributed by atoms with Crippen molar-refractivity contribution >= 4 is 15.8 Å². The predicted molar refractivity (Wildman–Crippen MR) is 70.3 cm³/mol. The van der Waals surface area contributed by atoms with Gasteiger partial charge in [-0.25, -0.2) is 0 Å². The molecule has 9 heteroatoms. The summed E-state index contributed by atoms with van der Waals surface area (Å²) < 4.78 is 36.7. The number of hydrogen-bond donors (Lipinski definition) is 2. The fourth-order valence-electron chi connectivity index (χ4n) is 1.36. The number of allylic oxidation sites excluding steroid dienone is 2. The van der Waals surface area contributed by atoms with Crippen molar-refractivity contribution in [3.05, 3.63) is 29.5 Å². The van der Waals surface area contributed by atoms with Crippen molar-refractivity contribution < 1.29 is 17.7 Å². The fraction of sp³-hybridized carbons (Fsp3) is 0.0833. The summed E-state index contributed by atoms with van der Waals surface area (Å²) in [5.74, 6) is 0.163. The van der Waals surface area contributed by atoms with E-state index in [0.29, 0.717) is 0 Å². The first-order valence-corrected chi connectivity index (χ1v) is 6.68. The van der Waals surface area contributed by atoms with Crippen LogP contribution in [0.1, 0.15) is 0 Å². The Labute approximate surface area is 120 Å². The van der Waals surface area contributed by atoms with Gasteiger partial charge in [0.2, 0.25) is 0 Å². The van der Waals surface area contributed by atoms with Crippen LogP contribution in [0, 0.1) is 34.0 Å². The van der Waals surface area contributed by atoms with Crippen LogP contribution in [0.5, 0.6) is 5.75 Å². The van der Waals surface area contributed by atoms with Crippen LogP contribution in [-0.4, -0.2) is 20.1 Å². The topological polar surface area (TPSA) is 147 Å². The van der Waals surface area contributed by atoms with Crippen LogP contribution in [-0.2, 0) is 10.1 Å². The summed E-state index contributed by atoms with van der Waals surface area (Å²) in [5, 5.41) is 28.7. The number of benzene rings is 1. The minimum Gasteiger partial charge on any atom is -0.497 e. The van der Waals surface area contributed by atoms with Crippen LogP contribution in [0.4, 0.5) is 5.69 Å². The highest BCUT2D eigenvalue weighted by Crippen LogP contribution is 2.27. The Morgan fingerprint density at radius 3 is 2.29 bits per heavy atom. The molecule has 0 aliphatic rings. The molecule has 0 unspecified atom stereocenters. The van der Waals surface area contributed by atoms with Gasteiger partial charge in [-0.3, -0.25) is 4.55 Å². The van der Waals surface area contributed by atoms with Crippen molar-refractivity contribution in [1.82, 2.24) is 0 Å². The molecule has 0 saturated carbocycles. The largest absolute Gasteiger partial charge is 0.497 e. The number of methoxy groups -OCH3 is 1. The first-order valence-electron chi connectivity index (χ1n) is 5.24. The highest BCUT2D eigenvalue weighted by Gasteiger charge is 2.18. The van der Waals surface area contributed by atoms with E-state index < -0.39 is 26.3 Å². The molecule has 106 valence electrons. The van der Waals surface area contributed by atoms with Gasteiger partial charge in [-0.05, 0) is 12.1 Å². The monoisotopic (exact) mass is 304 g/mol. The third-order valence-corrected chi connectivity index (χ3v) is 3.21. The number of nitriles is 3. The standard InChI is InChI=1S/C12H8N4O4S/c1-20-9-2-3-10(12(4-9)21(17,18)19)16-11(7-15)8(5-13)6-14/h2-4,16H,1H3,(H,17,18,19). The lowest BCUT2D eigenvalue weighted by atomic mass is 10.2. The molecule has 0 atom stereocenters. The summed E-state index contributed by atoms with van der Waals surface area (Å²) in [6.07, 6.45) is 0. The quantitative estimate of drug-likeness (QED) is 0.622. The number of hydrogen-bond acceptors (Lipinski definition) is 7. The Hall–Kier alpha value is -3.06. The van der Waals surface area contributed by atoms with Crippen LogP contribution in [0.2, 0.25) is 0 Å². The molecule has 0 saturated heterocycles. The van der Waals surface area contributed by atoms with E-state index in [9.17, 15) is 13.0 Å². The maximum Gasteiger partial charge on any atom is 0.296 e.